The van der Waals surface area contributed by atoms with Crippen molar-refractivity contribution in [1.29, 1.82) is 0 Å². The molecule has 0 aromatic rings. The van der Waals surface area contributed by atoms with Gasteiger partial charge in [-0.2, -0.15) is 0 Å². The molecule has 1 saturated heterocycles. The van der Waals surface area contributed by atoms with Crippen LogP contribution in [0.1, 0.15) is 39.5 Å². The summed E-state index contributed by atoms with van der Waals surface area (Å²) in [5.74, 6) is -0.785. The van der Waals surface area contributed by atoms with Crippen molar-refractivity contribution in [3.05, 3.63) is 0 Å². The van der Waals surface area contributed by atoms with E-state index in [0.717, 1.165) is 17.7 Å². The minimum atomic E-state index is -1.01. The average molecular weight is 268 g/mol. The minimum Gasteiger partial charge on any atom is -0.377 e. The number of carbonyl (C=O) groups excluding carboxylic acids is 3. The normalized spacial score (nSPS) is 22.5. The summed E-state index contributed by atoms with van der Waals surface area (Å²) in [6.07, 6.45) is 2.82. The van der Waals surface area contributed by atoms with Crippen LogP contribution >= 0.6 is 0 Å². The van der Waals surface area contributed by atoms with Crippen LogP contribution in [0.4, 0.5) is 4.79 Å². The third-order valence-corrected chi connectivity index (χ3v) is 3.78. The maximum absolute atomic E-state index is 12.4. The molecular formula is C13H20N2O4. The molecule has 6 heteroatoms. The summed E-state index contributed by atoms with van der Waals surface area (Å²) in [4.78, 5) is 37.3. The number of nitrogens with one attached hydrogen (secondary N) is 1. The number of carbonyl (C=O) groups is 3. The number of imide groups is 2. The second-order valence-electron chi connectivity index (χ2n) is 5.42. The average Bonchev–Trinajstić information content (AvgIpc) is 2.82. The molecule has 1 aliphatic heterocycles. The lowest BCUT2D eigenvalue weighted by atomic mass is 9.82. The second-order valence-corrected chi connectivity index (χ2v) is 5.42. The number of rotatable bonds is 4. The van der Waals surface area contributed by atoms with E-state index in [0.29, 0.717) is 19.4 Å². The van der Waals surface area contributed by atoms with Crippen molar-refractivity contribution in [3.63, 3.8) is 0 Å². The largest absolute Gasteiger partial charge is 0.377 e. The fourth-order valence-electron chi connectivity index (χ4n) is 2.73. The first-order chi connectivity index (χ1) is 8.97. The molecule has 2 aliphatic rings. The third kappa shape index (κ3) is 2.49. The van der Waals surface area contributed by atoms with Gasteiger partial charge in [0.1, 0.15) is 5.41 Å². The SMILES string of the molecule is CC(C)OCCN1C(=O)NC(=O)C2(CCCC2)C1=O. The number of nitrogens with zero attached hydrogens (tertiary/aromatic N) is 1. The summed E-state index contributed by atoms with van der Waals surface area (Å²) in [5, 5.41) is 2.30. The van der Waals surface area contributed by atoms with Crippen molar-refractivity contribution in [2.75, 3.05) is 13.2 Å². The van der Waals surface area contributed by atoms with Crippen LogP contribution in [0.3, 0.4) is 0 Å². The van der Waals surface area contributed by atoms with Crippen LogP contribution in [0.5, 0.6) is 0 Å². The molecule has 0 aromatic carbocycles. The Morgan fingerprint density at radius 1 is 1.26 bits per heavy atom. The Morgan fingerprint density at radius 3 is 2.47 bits per heavy atom. The fourth-order valence-corrected chi connectivity index (χ4v) is 2.73. The number of hydrogen-bond acceptors (Lipinski definition) is 4. The molecule has 1 aliphatic carbocycles. The van der Waals surface area contributed by atoms with Crippen LogP contribution in [0.25, 0.3) is 0 Å². The standard InChI is InChI=1S/C13H20N2O4/c1-9(2)19-8-7-15-11(17)13(5-3-4-6-13)10(16)14-12(15)18/h9H,3-8H2,1-2H3,(H,14,16,18). The Morgan fingerprint density at radius 2 is 1.89 bits per heavy atom. The molecule has 2 fully saturated rings. The number of hydrogen-bond donors (Lipinski definition) is 1. The second kappa shape index (κ2) is 5.28. The first-order valence-electron chi connectivity index (χ1n) is 6.76. The van der Waals surface area contributed by atoms with E-state index in [4.69, 9.17) is 4.74 Å². The van der Waals surface area contributed by atoms with Gasteiger partial charge < -0.3 is 4.74 Å². The molecule has 1 heterocycles. The van der Waals surface area contributed by atoms with E-state index in [-0.39, 0.29) is 18.6 Å². The molecule has 1 N–H and O–H groups in total. The van der Waals surface area contributed by atoms with Gasteiger partial charge in [-0.05, 0) is 26.7 Å². The van der Waals surface area contributed by atoms with E-state index in [1.807, 2.05) is 13.8 Å². The molecule has 0 bridgehead atoms. The van der Waals surface area contributed by atoms with Gasteiger partial charge in [-0.1, -0.05) is 12.8 Å². The number of barbiturate groups is 1. The van der Waals surface area contributed by atoms with Crippen molar-refractivity contribution < 1.29 is 19.1 Å². The molecule has 4 amide bonds. The third-order valence-electron chi connectivity index (χ3n) is 3.78. The molecule has 19 heavy (non-hydrogen) atoms. The maximum atomic E-state index is 12.4. The van der Waals surface area contributed by atoms with Gasteiger partial charge in [-0.15, -0.1) is 0 Å². The van der Waals surface area contributed by atoms with Gasteiger partial charge in [-0.25, -0.2) is 4.79 Å². The van der Waals surface area contributed by atoms with Crippen LogP contribution in [0, 0.1) is 5.41 Å². The molecule has 0 atom stereocenters. The molecule has 1 spiro atoms. The first-order valence-corrected chi connectivity index (χ1v) is 6.76. The monoisotopic (exact) mass is 268 g/mol. The van der Waals surface area contributed by atoms with Crippen molar-refractivity contribution in [2.24, 2.45) is 5.41 Å². The van der Waals surface area contributed by atoms with Gasteiger partial charge in [0.2, 0.25) is 11.8 Å². The Kier molecular flexibility index (Phi) is 3.89. The van der Waals surface area contributed by atoms with E-state index in [1.54, 1.807) is 0 Å². The molecule has 1 saturated carbocycles. The summed E-state index contributed by atoms with van der Waals surface area (Å²) in [7, 11) is 0. The van der Waals surface area contributed by atoms with Crippen LogP contribution in [-0.4, -0.2) is 42.0 Å². The van der Waals surface area contributed by atoms with Gasteiger partial charge >= 0.3 is 6.03 Å². The molecule has 106 valence electrons. The van der Waals surface area contributed by atoms with Gasteiger partial charge in [0.25, 0.3) is 0 Å². The van der Waals surface area contributed by atoms with Crippen LogP contribution in [-0.2, 0) is 14.3 Å². The highest BCUT2D eigenvalue weighted by Crippen LogP contribution is 2.41. The summed E-state index contributed by atoms with van der Waals surface area (Å²) in [5.41, 5.74) is -1.01. The fraction of sp³-hybridized carbons (Fsp3) is 0.769. The molecule has 2 rings (SSSR count). The van der Waals surface area contributed by atoms with E-state index in [2.05, 4.69) is 5.32 Å². The lowest BCUT2D eigenvalue weighted by molar-refractivity contribution is -0.151. The molecular weight excluding hydrogens is 248 g/mol. The summed E-state index contributed by atoms with van der Waals surface area (Å²) in [6, 6.07) is -0.625. The van der Waals surface area contributed by atoms with E-state index in [1.165, 1.54) is 0 Å². The molecule has 0 unspecified atom stereocenters. The lowest BCUT2D eigenvalue weighted by Crippen LogP contribution is -2.63. The lowest BCUT2D eigenvalue weighted by Gasteiger charge is -2.36. The van der Waals surface area contributed by atoms with E-state index >= 15 is 0 Å². The van der Waals surface area contributed by atoms with E-state index in [9.17, 15) is 14.4 Å². The number of urea groups is 1. The maximum Gasteiger partial charge on any atom is 0.330 e. The molecule has 0 radical (unpaired) electrons. The van der Waals surface area contributed by atoms with Gasteiger partial charge in [0.15, 0.2) is 0 Å². The zero-order valence-electron chi connectivity index (χ0n) is 11.4. The quantitative estimate of drug-likeness (QED) is 0.773. The molecule has 6 nitrogen and oxygen atoms in total. The highest BCUT2D eigenvalue weighted by atomic mass is 16.5. The number of amides is 4. The summed E-state index contributed by atoms with van der Waals surface area (Å²) in [6.45, 7) is 4.26. The predicted octanol–water partition coefficient (Wildman–Crippen LogP) is 1.05. The van der Waals surface area contributed by atoms with Gasteiger partial charge in [0.05, 0.1) is 19.3 Å². The number of ether oxygens (including phenoxy) is 1. The topological polar surface area (TPSA) is 75.7 Å². The van der Waals surface area contributed by atoms with E-state index < -0.39 is 17.4 Å². The highest BCUT2D eigenvalue weighted by Gasteiger charge is 2.54. The zero-order chi connectivity index (χ0) is 14.0. The van der Waals surface area contributed by atoms with Crippen LogP contribution in [0.2, 0.25) is 0 Å². The first kappa shape index (κ1) is 14.0. The van der Waals surface area contributed by atoms with Crippen molar-refractivity contribution >= 4 is 17.8 Å². The van der Waals surface area contributed by atoms with Gasteiger partial charge in [-0.3, -0.25) is 19.8 Å². The van der Waals surface area contributed by atoms with Crippen molar-refractivity contribution in [3.8, 4) is 0 Å². The van der Waals surface area contributed by atoms with Crippen LogP contribution in [0.15, 0.2) is 0 Å². The Hall–Kier alpha value is -1.43. The Labute approximate surface area is 112 Å². The Balaban J connectivity index is 2.08. The molecule has 0 aromatic heterocycles. The minimum absolute atomic E-state index is 0.0463. The smallest absolute Gasteiger partial charge is 0.330 e. The van der Waals surface area contributed by atoms with Crippen molar-refractivity contribution in [1.82, 2.24) is 10.2 Å². The highest BCUT2D eigenvalue weighted by molar-refractivity contribution is 6.19. The van der Waals surface area contributed by atoms with Crippen molar-refractivity contribution in [2.45, 2.75) is 45.6 Å². The van der Waals surface area contributed by atoms with Crippen LogP contribution < -0.4 is 5.32 Å². The predicted molar refractivity (Wildman–Crippen MR) is 67.2 cm³/mol. The summed E-state index contributed by atoms with van der Waals surface area (Å²) < 4.78 is 5.36. The Bertz CT molecular complexity index is 399. The zero-order valence-corrected chi connectivity index (χ0v) is 11.4. The van der Waals surface area contributed by atoms with Gasteiger partial charge in [0, 0.05) is 0 Å². The summed E-state index contributed by atoms with van der Waals surface area (Å²) >= 11 is 0.